The first-order valence-corrected chi connectivity index (χ1v) is 13.8. The Morgan fingerprint density at radius 2 is 2.02 bits per heavy atom. The van der Waals surface area contributed by atoms with Crippen LogP contribution in [-0.4, -0.2) is 55.2 Å². The Kier molecular flexibility index (Phi) is 9.13. The number of carbonyl (C=O) groups excluding carboxylic acids is 3. The molecule has 0 radical (unpaired) electrons. The van der Waals surface area contributed by atoms with Crippen molar-refractivity contribution in [1.29, 1.82) is 0 Å². The molecule has 1 atom stereocenters. The zero-order valence-electron chi connectivity index (χ0n) is 22.7. The third-order valence-electron chi connectivity index (χ3n) is 6.38. The van der Waals surface area contributed by atoms with Crippen LogP contribution in [0.5, 0.6) is 0 Å². The Balaban J connectivity index is 1.44. The lowest BCUT2D eigenvalue weighted by Gasteiger charge is -2.14. The fraction of sp³-hybridized carbons (Fsp3) is 0.179. The maximum atomic E-state index is 13.1. The molecular weight excluding hydrogens is 597 g/mol. The van der Waals surface area contributed by atoms with Gasteiger partial charge in [-0.05, 0) is 65.7 Å². The van der Waals surface area contributed by atoms with Gasteiger partial charge in [0, 0.05) is 34.3 Å². The highest BCUT2D eigenvalue weighted by atomic mass is 35.5. The number of nitrogens with one attached hydrogen (secondary N) is 4. The number of aromatic amines is 1. The summed E-state index contributed by atoms with van der Waals surface area (Å²) in [6.45, 7) is 0. The summed E-state index contributed by atoms with van der Waals surface area (Å²) in [5.74, 6) is -0.212. The van der Waals surface area contributed by atoms with Crippen molar-refractivity contribution in [3.8, 4) is 16.9 Å². The molecule has 3 heterocycles. The molecule has 2 aromatic carbocycles. The number of allylic oxidation sites excluding steroid dienone is 1. The molecule has 3 amide bonds. The molecule has 5 rings (SSSR count). The zero-order valence-corrected chi connectivity index (χ0v) is 24.2. The van der Waals surface area contributed by atoms with E-state index in [-0.39, 0.29) is 17.5 Å². The van der Waals surface area contributed by atoms with Crippen molar-refractivity contribution in [1.82, 2.24) is 35.5 Å². The summed E-state index contributed by atoms with van der Waals surface area (Å²) in [7, 11) is 1.25. The van der Waals surface area contributed by atoms with E-state index in [2.05, 4.69) is 41.2 Å². The topological polar surface area (TPSA) is 169 Å². The van der Waals surface area contributed by atoms with E-state index >= 15 is 0 Å². The lowest BCUT2D eigenvalue weighted by molar-refractivity contribution is -0.117. The molecule has 4 aromatic rings. The number of aromatic nitrogens is 6. The third kappa shape index (κ3) is 7.26. The first-order valence-electron chi connectivity index (χ1n) is 13.0. The molecule has 2 aromatic heterocycles. The van der Waals surface area contributed by atoms with Crippen molar-refractivity contribution >= 4 is 58.6 Å². The lowest BCUT2D eigenvalue weighted by atomic mass is 10.1. The van der Waals surface area contributed by atoms with E-state index in [9.17, 15) is 14.4 Å². The molecule has 2 bridgehead atoms. The van der Waals surface area contributed by atoms with Crippen molar-refractivity contribution in [2.24, 2.45) is 0 Å². The maximum absolute atomic E-state index is 13.1. The van der Waals surface area contributed by atoms with Crippen LogP contribution in [0.4, 0.5) is 16.2 Å². The quantitative estimate of drug-likeness (QED) is 0.176. The van der Waals surface area contributed by atoms with E-state index in [1.54, 1.807) is 42.5 Å². The van der Waals surface area contributed by atoms with E-state index in [0.717, 1.165) is 0 Å². The molecule has 13 nitrogen and oxygen atoms in total. The van der Waals surface area contributed by atoms with Crippen molar-refractivity contribution < 1.29 is 19.1 Å². The summed E-state index contributed by atoms with van der Waals surface area (Å²) in [5, 5.41) is 20.3. The number of methoxy groups -OCH3 is 1. The summed E-state index contributed by atoms with van der Waals surface area (Å²) in [6, 6.07) is 9.46. The lowest BCUT2D eigenvalue weighted by Crippen LogP contribution is -2.27. The van der Waals surface area contributed by atoms with E-state index in [1.165, 1.54) is 24.2 Å². The Bertz CT molecular complexity index is 1720. The number of anilines is 2. The molecule has 15 heteroatoms. The number of hydrogen-bond acceptors (Lipinski definition) is 8. The van der Waals surface area contributed by atoms with Crippen molar-refractivity contribution in [3.63, 3.8) is 0 Å². The predicted octanol–water partition coefficient (Wildman–Crippen LogP) is 5.09. The van der Waals surface area contributed by atoms with Gasteiger partial charge in [0.15, 0.2) is 0 Å². The minimum Gasteiger partial charge on any atom is -0.453 e. The fourth-order valence-corrected chi connectivity index (χ4v) is 4.78. The van der Waals surface area contributed by atoms with Crippen molar-refractivity contribution in [2.75, 3.05) is 17.7 Å². The summed E-state index contributed by atoms with van der Waals surface area (Å²) >= 11 is 12.8. The zero-order chi connectivity index (χ0) is 30.3. The number of carbonyl (C=O) groups is 3. The minimum atomic E-state index is -0.657. The minimum absolute atomic E-state index is 0.208. The van der Waals surface area contributed by atoms with Gasteiger partial charge in [-0.25, -0.2) is 9.78 Å². The molecule has 0 saturated carbocycles. The summed E-state index contributed by atoms with van der Waals surface area (Å²) < 4.78 is 6.13. The van der Waals surface area contributed by atoms with Crippen LogP contribution in [0.25, 0.3) is 23.0 Å². The number of halogens is 2. The van der Waals surface area contributed by atoms with Gasteiger partial charge < -0.3 is 20.4 Å². The number of ether oxygens (including phenoxy) is 1. The molecule has 220 valence electrons. The van der Waals surface area contributed by atoms with Crippen LogP contribution in [0.1, 0.15) is 36.7 Å². The molecule has 0 spiro atoms. The number of hydrogen-bond donors (Lipinski definition) is 4. The molecule has 0 aliphatic carbocycles. The third-order valence-corrected chi connectivity index (χ3v) is 6.89. The van der Waals surface area contributed by atoms with Gasteiger partial charge in [-0.3, -0.25) is 14.9 Å². The standard InChI is InChI=1S/C28H25Cl2N9O4/c1-43-28(42)32-18-9-10-19-21(14-18)34-23(40)6-4-2-3-5-20(27-35-25(19)26(30)36-27)33-24(41)12-7-16-13-17(29)8-11-22(16)39-15-31-37-38-39/h2-3,7-15,20H,4-6H2,1H3,(H,32,42)(H,33,41)(H,34,40)(H,35,36)/b3-2-,12-7+/t20-/m0/s1. The number of rotatable bonds is 5. The Morgan fingerprint density at radius 1 is 1.16 bits per heavy atom. The van der Waals surface area contributed by atoms with Crippen LogP contribution in [0.2, 0.25) is 10.2 Å². The summed E-state index contributed by atoms with van der Waals surface area (Å²) in [4.78, 5) is 45.3. The van der Waals surface area contributed by atoms with Gasteiger partial charge in [-0.1, -0.05) is 35.4 Å². The average molecular weight is 622 g/mol. The van der Waals surface area contributed by atoms with Crippen LogP contribution in [0.15, 0.2) is 61.0 Å². The smallest absolute Gasteiger partial charge is 0.411 e. The van der Waals surface area contributed by atoms with Crippen LogP contribution in [0.3, 0.4) is 0 Å². The van der Waals surface area contributed by atoms with Gasteiger partial charge in [0.1, 0.15) is 23.0 Å². The van der Waals surface area contributed by atoms with Crippen LogP contribution in [-0.2, 0) is 14.3 Å². The predicted molar refractivity (Wildman–Crippen MR) is 161 cm³/mol. The Labute approximate surface area is 255 Å². The second-order valence-corrected chi connectivity index (χ2v) is 10.1. The van der Waals surface area contributed by atoms with E-state index < -0.39 is 18.0 Å². The van der Waals surface area contributed by atoms with Gasteiger partial charge in [0.2, 0.25) is 11.8 Å². The Hall–Kier alpha value is -5.01. The second-order valence-electron chi connectivity index (χ2n) is 9.31. The first kappa shape index (κ1) is 29.5. The summed E-state index contributed by atoms with van der Waals surface area (Å²) in [5.41, 5.74) is 2.94. The highest BCUT2D eigenvalue weighted by Crippen LogP contribution is 2.35. The van der Waals surface area contributed by atoms with Gasteiger partial charge >= 0.3 is 6.09 Å². The molecule has 1 aliphatic rings. The van der Waals surface area contributed by atoms with Gasteiger partial charge in [0.05, 0.1) is 24.5 Å². The van der Waals surface area contributed by atoms with Crippen LogP contribution >= 0.6 is 23.2 Å². The number of benzene rings is 2. The first-order chi connectivity index (χ1) is 20.8. The SMILES string of the molecule is COC(=O)Nc1ccc2c(c1)NC(=O)CC/C=C\C[C@H](NC(=O)/C=C/c1cc(Cl)ccc1-n1cnnn1)c1nc-2c(Cl)[nH]1. The number of tetrazole rings is 1. The number of amides is 3. The molecule has 0 unspecified atom stereocenters. The van der Waals surface area contributed by atoms with Gasteiger partial charge in [0.25, 0.3) is 0 Å². The summed E-state index contributed by atoms with van der Waals surface area (Å²) in [6.07, 6.45) is 8.57. The van der Waals surface area contributed by atoms with E-state index in [0.29, 0.717) is 57.6 Å². The van der Waals surface area contributed by atoms with Crippen molar-refractivity contribution in [2.45, 2.75) is 25.3 Å². The number of fused-ring (bicyclic) bond motifs is 4. The molecule has 0 saturated heterocycles. The number of imidazole rings is 1. The van der Waals surface area contributed by atoms with E-state index in [1.807, 2.05) is 12.2 Å². The number of nitrogens with zero attached hydrogens (tertiary/aromatic N) is 5. The molecule has 0 fully saturated rings. The monoisotopic (exact) mass is 621 g/mol. The highest BCUT2D eigenvalue weighted by molar-refractivity contribution is 6.32. The average Bonchev–Trinajstić information content (AvgIpc) is 3.65. The largest absolute Gasteiger partial charge is 0.453 e. The van der Waals surface area contributed by atoms with E-state index in [4.69, 9.17) is 28.2 Å². The molecule has 43 heavy (non-hydrogen) atoms. The van der Waals surface area contributed by atoms with Gasteiger partial charge in [-0.15, -0.1) is 5.10 Å². The molecular formula is C28H25Cl2N9O4. The van der Waals surface area contributed by atoms with Crippen LogP contribution < -0.4 is 16.0 Å². The highest BCUT2D eigenvalue weighted by Gasteiger charge is 2.22. The maximum Gasteiger partial charge on any atom is 0.411 e. The van der Waals surface area contributed by atoms with Crippen molar-refractivity contribution in [3.05, 3.63) is 82.5 Å². The Morgan fingerprint density at radius 3 is 2.81 bits per heavy atom. The van der Waals surface area contributed by atoms with Crippen LogP contribution in [0, 0.1) is 0 Å². The molecule has 1 aliphatic heterocycles. The number of H-pyrrole nitrogens is 1. The normalized spacial score (nSPS) is 15.8. The van der Waals surface area contributed by atoms with Gasteiger partial charge in [-0.2, -0.15) is 4.68 Å². The second kappa shape index (κ2) is 13.3. The molecule has 4 N–H and O–H groups in total. The fourth-order valence-electron chi connectivity index (χ4n) is 4.35.